The number of nitrogens with one attached hydrogen (secondary N) is 1. The normalized spacial score (nSPS) is 13.4. The van der Waals surface area contributed by atoms with Gasteiger partial charge in [0.2, 0.25) is 0 Å². The van der Waals surface area contributed by atoms with E-state index in [-0.39, 0.29) is 0 Å². The molecule has 0 radical (unpaired) electrons. The molecule has 1 aliphatic heterocycles. The van der Waals surface area contributed by atoms with E-state index in [2.05, 4.69) is 17.2 Å². The summed E-state index contributed by atoms with van der Waals surface area (Å²) in [6.45, 7) is 3.30. The molecule has 0 saturated carbocycles. The minimum absolute atomic E-state index is 0.605. The van der Waals surface area contributed by atoms with Gasteiger partial charge in [0.25, 0.3) is 0 Å². The highest BCUT2D eigenvalue weighted by molar-refractivity contribution is 7.15. The van der Waals surface area contributed by atoms with Crippen LogP contribution in [0, 0.1) is 6.92 Å². The standard InChI is InChI=1S/C13H14N2O2S/c1-8-12(15-13(14-2)18-8)9-3-4-10-11(7-9)17-6-5-16-10/h3-4,7H,5-6H2,1-2H3,(H,14,15). The smallest absolute Gasteiger partial charge is 0.183 e. The lowest BCUT2D eigenvalue weighted by molar-refractivity contribution is 0.171. The van der Waals surface area contributed by atoms with E-state index in [1.165, 1.54) is 4.88 Å². The summed E-state index contributed by atoms with van der Waals surface area (Å²) in [4.78, 5) is 5.75. The third kappa shape index (κ3) is 1.90. The fourth-order valence-electron chi connectivity index (χ4n) is 1.96. The predicted molar refractivity (Wildman–Crippen MR) is 72.8 cm³/mol. The highest BCUT2D eigenvalue weighted by Gasteiger charge is 2.15. The summed E-state index contributed by atoms with van der Waals surface area (Å²) in [6.07, 6.45) is 0. The second-order valence-corrected chi connectivity index (χ2v) is 5.24. The fraction of sp³-hybridized carbons (Fsp3) is 0.308. The van der Waals surface area contributed by atoms with Crippen molar-refractivity contribution in [2.75, 3.05) is 25.6 Å². The highest BCUT2D eigenvalue weighted by Crippen LogP contribution is 2.37. The minimum Gasteiger partial charge on any atom is -0.486 e. The van der Waals surface area contributed by atoms with Crippen LogP contribution in [-0.2, 0) is 0 Å². The van der Waals surface area contributed by atoms with E-state index in [0.29, 0.717) is 13.2 Å². The number of fused-ring (bicyclic) bond motifs is 1. The number of nitrogens with zero attached hydrogens (tertiary/aromatic N) is 1. The number of hydrogen-bond acceptors (Lipinski definition) is 5. The van der Waals surface area contributed by atoms with Crippen molar-refractivity contribution < 1.29 is 9.47 Å². The average Bonchev–Trinajstić information content (AvgIpc) is 2.79. The zero-order valence-electron chi connectivity index (χ0n) is 10.3. The molecule has 3 rings (SSSR count). The van der Waals surface area contributed by atoms with Gasteiger partial charge in [0, 0.05) is 17.5 Å². The van der Waals surface area contributed by atoms with E-state index in [1.807, 2.05) is 25.2 Å². The summed E-state index contributed by atoms with van der Waals surface area (Å²) >= 11 is 1.65. The van der Waals surface area contributed by atoms with Gasteiger partial charge in [-0.1, -0.05) is 0 Å². The van der Waals surface area contributed by atoms with Crippen LogP contribution in [0.2, 0.25) is 0 Å². The van der Waals surface area contributed by atoms with Crippen LogP contribution in [0.15, 0.2) is 18.2 Å². The second kappa shape index (κ2) is 4.49. The Morgan fingerprint density at radius 2 is 2.00 bits per heavy atom. The van der Waals surface area contributed by atoms with Crippen molar-refractivity contribution in [2.24, 2.45) is 0 Å². The number of hydrogen-bond donors (Lipinski definition) is 1. The van der Waals surface area contributed by atoms with Crippen LogP contribution in [0.5, 0.6) is 11.5 Å². The molecule has 1 aromatic heterocycles. The molecule has 0 atom stereocenters. The van der Waals surface area contributed by atoms with E-state index < -0.39 is 0 Å². The van der Waals surface area contributed by atoms with Crippen LogP contribution in [-0.4, -0.2) is 25.2 Å². The summed E-state index contributed by atoms with van der Waals surface area (Å²) in [5, 5.41) is 4.00. The van der Waals surface area contributed by atoms with Crippen LogP contribution in [0.25, 0.3) is 11.3 Å². The molecular weight excluding hydrogens is 248 g/mol. The monoisotopic (exact) mass is 262 g/mol. The number of benzene rings is 1. The quantitative estimate of drug-likeness (QED) is 0.903. The summed E-state index contributed by atoms with van der Waals surface area (Å²) in [5.41, 5.74) is 2.07. The molecule has 0 spiro atoms. The molecule has 94 valence electrons. The van der Waals surface area contributed by atoms with Crippen molar-refractivity contribution in [2.45, 2.75) is 6.92 Å². The van der Waals surface area contributed by atoms with Gasteiger partial charge < -0.3 is 14.8 Å². The van der Waals surface area contributed by atoms with Gasteiger partial charge in [-0.05, 0) is 25.1 Å². The second-order valence-electron chi connectivity index (χ2n) is 4.03. The topological polar surface area (TPSA) is 43.4 Å². The molecule has 2 aromatic rings. The largest absolute Gasteiger partial charge is 0.486 e. The van der Waals surface area contributed by atoms with Crippen molar-refractivity contribution in [1.82, 2.24) is 4.98 Å². The fourth-order valence-corrected chi connectivity index (χ4v) is 2.75. The zero-order valence-corrected chi connectivity index (χ0v) is 11.1. The molecule has 0 saturated heterocycles. The first kappa shape index (κ1) is 11.3. The Hall–Kier alpha value is -1.75. The maximum atomic E-state index is 5.59. The Morgan fingerprint density at radius 3 is 2.72 bits per heavy atom. The van der Waals surface area contributed by atoms with Crippen LogP contribution in [0.1, 0.15) is 4.88 Å². The third-order valence-corrected chi connectivity index (χ3v) is 3.81. The van der Waals surface area contributed by atoms with Gasteiger partial charge in [0.15, 0.2) is 16.6 Å². The molecule has 5 heteroatoms. The number of anilines is 1. The van der Waals surface area contributed by atoms with E-state index >= 15 is 0 Å². The Labute approximate surface area is 110 Å². The first-order valence-corrected chi connectivity index (χ1v) is 6.65. The van der Waals surface area contributed by atoms with E-state index in [9.17, 15) is 0 Å². The van der Waals surface area contributed by atoms with Crippen molar-refractivity contribution in [1.29, 1.82) is 0 Å². The molecule has 1 N–H and O–H groups in total. The summed E-state index contributed by atoms with van der Waals surface area (Å²) in [5.74, 6) is 1.61. The number of ether oxygens (including phenoxy) is 2. The van der Waals surface area contributed by atoms with Crippen LogP contribution in [0.3, 0.4) is 0 Å². The van der Waals surface area contributed by atoms with Gasteiger partial charge in [0.1, 0.15) is 13.2 Å². The number of aryl methyl sites for hydroxylation is 1. The Kier molecular flexibility index (Phi) is 2.83. The molecule has 4 nitrogen and oxygen atoms in total. The van der Waals surface area contributed by atoms with Crippen LogP contribution >= 0.6 is 11.3 Å². The Morgan fingerprint density at radius 1 is 1.22 bits per heavy atom. The first-order valence-electron chi connectivity index (χ1n) is 5.83. The van der Waals surface area contributed by atoms with Gasteiger partial charge in [-0.15, -0.1) is 11.3 Å². The third-order valence-electron chi connectivity index (χ3n) is 2.83. The zero-order chi connectivity index (χ0) is 12.5. The first-order chi connectivity index (χ1) is 8.78. The lowest BCUT2D eigenvalue weighted by Gasteiger charge is -2.18. The van der Waals surface area contributed by atoms with Crippen molar-refractivity contribution in [3.63, 3.8) is 0 Å². The molecule has 18 heavy (non-hydrogen) atoms. The van der Waals surface area contributed by atoms with Gasteiger partial charge in [0.05, 0.1) is 5.69 Å². The maximum absolute atomic E-state index is 5.59. The Balaban J connectivity index is 2.03. The molecule has 1 aromatic carbocycles. The minimum atomic E-state index is 0.605. The molecule has 2 heterocycles. The van der Waals surface area contributed by atoms with E-state index in [0.717, 1.165) is 27.9 Å². The summed E-state index contributed by atoms with van der Waals surface area (Å²) in [6, 6.07) is 5.96. The van der Waals surface area contributed by atoms with E-state index in [4.69, 9.17) is 9.47 Å². The predicted octanol–water partition coefficient (Wildman–Crippen LogP) is 2.93. The molecular formula is C13H14N2O2S. The molecule has 0 aliphatic carbocycles. The average molecular weight is 262 g/mol. The highest BCUT2D eigenvalue weighted by atomic mass is 32.1. The summed E-state index contributed by atoms with van der Waals surface area (Å²) < 4.78 is 11.1. The van der Waals surface area contributed by atoms with Crippen molar-refractivity contribution in [3.05, 3.63) is 23.1 Å². The van der Waals surface area contributed by atoms with Gasteiger partial charge in [-0.3, -0.25) is 0 Å². The molecule has 0 amide bonds. The number of aromatic nitrogens is 1. The lowest BCUT2D eigenvalue weighted by Crippen LogP contribution is -2.15. The maximum Gasteiger partial charge on any atom is 0.183 e. The van der Waals surface area contributed by atoms with Gasteiger partial charge >= 0.3 is 0 Å². The molecule has 0 fully saturated rings. The molecule has 0 bridgehead atoms. The SMILES string of the molecule is CNc1nc(-c2ccc3c(c2)OCCO3)c(C)s1. The molecule has 1 aliphatic rings. The Bertz CT molecular complexity index is 580. The molecule has 0 unspecified atom stereocenters. The van der Waals surface area contributed by atoms with E-state index in [1.54, 1.807) is 11.3 Å². The van der Waals surface area contributed by atoms with Gasteiger partial charge in [-0.2, -0.15) is 0 Å². The number of thiazole rings is 1. The van der Waals surface area contributed by atoms with Crippen LogP contribution < -0.4 is 14.8 Å². The van der Waals surface area contributed by atoms with Crippen molar-refractivity contribution in [3.8, 4) is 22.8 Å². The van der Waals surface area contributed by atoms with Crippen LogP contribution in [0.4, 0.5) is 5.13 Å². The van der Waals surface area contributed by atoms with Crippen molar-refractivity contribution >= 4 is 16.5 Å². The lowest BCUT2D eigenvalue weighted by atomic mass is 10.1. The number of rotatable bonds is 2. The summed E-state index contributed by atoms with van der Waals surface area (Å²) in [7, 11) is 1.88. The van der Waals surface area contributed by atoms with Gasteiger partial charge in [-0.25, -0.2) is 4.98 Å².